The third-order valence-corrected chi connectivity index (χ3v) is 5.08. The smallest absolute Gasteiger partial charge is 0.268 e. The number of nitriles is 1. The maximum atomic E-state index is 12.3. The Balaban J connectivity index is 1.71. The van der Waals surface area contributed by atoms with Crippen LogP contribution in [0, 0.1) is 18.3 Å². The van der Waals surface area contributed by atoms with Crippen molar-refractivity contribution < 1.29 is 9.21 Å². The highest BCUT2D eigenvalue weighted by atomic mass is 35.5. The Labute approximate surface area is 169 Å². The van der Waals surface area contributed by atoms with Crippen LogP contribution in [0.15, 0.2) is 46.5 Å². The fourth-order valence-electron chi connectivity index (χ4n) is 2.30. The maximum absolute atomic E-state index is 12.3. The number of aromatic nitrogens is 1. The number of carbonyl (C=O) groups is 1. The molecule has 0 bridgehead atoms. The first-order chi connectivity index (χ1) is 12.9. The zero-order valence-electron chi connectivity index (χ0n) is 14.1. The predicted octanol–water partition coefficient (Wildman–Crippen LogP) is 5.49. The molecule has 0 aliphatic rings. The molecule has 136 valence electrons. The predicted molar refractivity (Wildman–Crippen MR) is 107 cm³/mol. The number of halogens is 2. The molecular formula is C19H13Cl2N3O2S. The third-order valence-electron chi connectivity index (χ3n) is 3.56. The SMILES string of the molecule is Cc1ccc(/C=C(\C#N)C(=O)Nc2ncc(Cc3cc(Cl)ccc3Cl)s2)o1. The maximum Gasteiger partial charge on any atom is 0.268 e. The van der Waals surface area contributed by atoms with Crippen molar-refractivity contribution in [3.05, 3.63) is 74.1 Å². The van der Waals surface area contributed by atoms with Gasteiger partial charge in [-0.05, 0) is 42.8 Å². The quantitative estimate of drug-likeness (QED) is 0.439. The first-order valence-electron chi connectivity index (χ1n) is 7.83. The number of carbonyl (C=O) groups excluding carboxylic acids is 1. The fraction of sp³-hybridized carbons (Fsp3) is 0.105. The number of hydrogen-bond acceptors (Lipinski definition) is 5. The largest absolute Gasteiger partial charge is 0.462 e. The molecule has 0 aliphatic heterocycles. The van der Waals surface area contributed by atoms with Crippen molar-refractivity contribution in [1.82, 2.24) is 4.98 Å². The van der Waals surface area contributed by atoms with Crippen molar-refractivity contribution in [3.8, 4) is 6.07 Å². The van der Waals surface area contributed by atoms with E-state index in [9.17, 15) is 10.1 Å². The van der Waals surface area contributed by atoms with Crippen LogP contribution in [-0.2, 0) is 11.2 Å². The van der Waals surface area contributed by atoms with E-state index in [0.29, 0.717) is 33.1 Å². The number of furan rings is 1. The van der Waals surface area contributed by atoms with Gasteiger partial charge in [-0.1, -0.05) is 23.2 Å². The molecule has 0 atom stereocenters. The average molecular weight is 418 g/mol. The fourth-order valence-corrected chi connectivity index (χ4v) is 3.51. The molecule has 3 rings (SSSR count). The Kier molecular flexibility index (Phi) is 5.97. The number of nitrogens with one attached hydrogen (secondary N) is 1. The van der Waals surface area contributed by atoms with Gasteiger partial charge in [-0.2, -0.15) is 5.26 Å². The lowest BCUT2D eigenvalue weighted by Gasteiger charge is -2.02. The Morgan fingerprint density at radius 1 is 1.37 bits per heavy atom. The summed E-state index contributed by atoms with van der Waals surface area (Å²) in [5.41, 5.74) is 0.801. The molecule has 0 radical (unpaired) electrons. The van der Waals surface area contributed by atoms with E-state index in [0.717, 1.165) is 10.4 Å². The number of anilines is 1. The molecule has 0 spiro atoms. The number of nitrogens with zero attached hydrogens (tertiary/aromatic N) is 2. The summed E-state index contributed by atoms with van der Waals surface area (Å²) < 4.78 is 5.36. The highest BCUT2D eigenvalue weighted by molar-refractivity contribution is 7.15. The first-order valence-corrected chi connectivity index (χ1v) is 9.40. The second kappa shape index (κ2) is 8.40. The van der Waals surface area contributed by atoms with E-state index in [1.807, 2.05) is 6.07 Å². The Morgan fingerprint density at radius 2 is 2.19 bits per heavy atom. The molecule has 0 unspecified atom stereocenters. The number of amides is 1. The van der Waals surface area contributed by atoms with Gasteiger partial charge in [0.05, 0.1) is 0 Å². The van der Waals surface area contributed by atoms with Crippen LogP contribution in [0.2, 0.25) is 10.0 Å². The van der Waals surface area contributed by atoms with E-state index >= 15 is 0 Å². The molecular weight excluding hydrogens is 405 g/mol. The molecule has 0 fully saturated rings. The average Bonchev–Trinajstić information content (AvgIpc) is 3.24. The van der Waals surface area contributed by atoms with E-state index in [-0.39, 0.29) is 5.57 Å². The summed E-state index contributed by atoms with van der Waals surface area (Å²) in [7, 11) is 0. The lowest BCUT2D eigenvalue weighted by atomic mass is 10.1. The Morgan fingerprint density at radius 3 is 2.89 bits per heavy atom. The summed E-state index contributed by atoms with van der Waals surface area (Å²) in [6.07, 6.45) is 3.59. The number of rotatable bonds is 5. The van der Waals surface area contributed by atoms with Gasteiger partial charge < -0.3 is 4.42 Å². The van der Waals surface area contributed by atoms with Gasteiger partial charge in [0.2, 0.25) is 0 Å². The normalized spacial score (nSPS) is 11.3. The molecule has 1 aromatic carbocycles. The molecule has 1 amide bonds. The lowest BCUT2D eigenvalue weighted by Crippen LogP contribution is -2.13. The summed E-state index contributed by atoms with van der Waals surface area (Å²) in [5, 5.41) is 13.5. The minimum Gasteiger partial charge on any atom is -0.462 e. The van der Waals surface area contributed by atoms with Crippen molar-refractivity contribution in [1.29, 1.82) is 5.26 Å². The van der Waals surface area contributed by atoms with Gasteiger partial charge in [0.15, 0.2) is 5.13 Å². The van der Waals surface area contributed by atoms with Crippen molar-refractivity contribution in [2.75, 3.05) is 5.32 Å². The first kappa shape index (κ1) is 19.2. The van der Waals surface area contributed by atoms with Crippen LogP contribution in [0.4, 0.5) is 5.13 Å². The highest BCUT2D eigenvalue weighted by Gasteiger charge is 2.13. The van der Waals surface area contributed by atoms with E-state index in [1.54, 1.807) is 43.5 Å². The molecule has 5 nitrogen and oxygen atoms in total. The van der Waals surface area contributed by atoms with Gasteiger partial charge >= 0.3 is 0 Å². The molecule has 0 saturated carbocycles. The summed E-state index contributed by atoms with van der Waals surface area (Å²) in [4.78, 5) is 17.4. The van der Waals surface area contributed by atoms with Crippen LogP contribution in [0.1, 0.15) is 22.0 Å². The van der Waals surface area contributed by atoms with Gasteiger partial charge in [0, 0.05) is 33.6 Å². The molecule has 0 aliphatic carbocycles. The van der Waals surface area contributed by atoms with Crippen LogP contribution < -0.4 is 5.32 Å². The van der Waals surface area contributed by atoms with Crippen LogP contribution >= 0.6 is 34.5 Å². The monoisotopic (exact) mass is 417 g/mol. The van der Waals surface area contributed by atoms with Gasteiger partial charge in [-0.25, -0.2) is 4.98 Å². The number of aryl methyl sites for hydroxylation is 1. The van der Waals surface area contributed by atoms with Crippen molar-refractivity contribution in [2.45, 2.75) is 13.3 Å². The lowest BCUT2D eigenvalue weighted by molar-refractivity contribution is -0.112. The van der Waals surface area contributed by atoms with Crippen LogP contribution in [-0.4, -0.2) is 10.9 Å². The topological polar surface area (TPSA) is 78.9 Å². The highest BCUT2D eigenvalue weighted by Crippen LogP contribution is 2.27. The number of benzene rings is 1. The van der Waals surface area contributed by atoms with Gasteiger partial charge in [-0.3, -0.25) is 10.1 Å². The molecule has 27 heavy (non-hydrogen) atoms. The molecule has 2 heterocycles. The van der Waals surface area contributed by atoms with E-state index < -0.39 is 5.91 Å². The van der Waals surface area contributed by atoms with Gasteiger partial charge in [0.1, 0.15) is 23.2 Å². The van der Waals surface area contributed by atoms with Crippen LogP contribution in [0.3, 0.4) is 0 Å². The second-order valence-electron chi connectivity index (χ2n) is 5.62. The second-order valence-corrected chi connectivity index (χ2v) is 7.58. The molecule has 2 aromatic heterocycles. The van der Waals surface area contributed by atoms with Crippen LogP contribution in [0.5, 0.6) is 0 Å². The zero-order valence-corrected chi connectivity index (χ0v) is 16.5. The number of thiazole rings is 1. The molecule has 8 heteroatoms. The Hall–Kier alpha value is -2.59. The van der Waals surface area contributed by atoms with E-state index in [4.69, 9.17) is 27.6 Å². The van der Waals surface area contributed by atoms with Crippen molar-refractivity contribution in [2.24, 2.45) is 0 Å². The van der Waals surface area contributed by atoms with Crippen molar-refractivity contribution >= 4 is 51.7 Å². The minimum absolute atomic E-state index is 0.0704. The standard InChI is InChI=1S/C19H13Cl2N3O2S/c1-11-2-4-15(26-11)7-13(9-22)18(25)24-19-23-10-16(27-19)8-12-6-14(20)3-5-17(12)21/h2-7,10H,8H2,1H3,(H,23,24,25)/b13-7+. The summed E-state index contributed by atoms with van der Waals surface area (Å²) >= 11 is 13.5. The molecule has 0 saturated heterocycles. The summed E-state index contributed by atoms with van der Waals surface area (Å²) in [6.45, 7) is 1.78. The minimum atomic E-state index is -0.548. The van der Waals surface area contributed by atoms with E-state index in [2.05, 4.69) is 10.3 Å². The third kappa shape index (κ3) is 4.98. The molecule has 1 N–H and O–H groups in total. The summed E-state index contributed by atoms with van der Waals surface area (Å²) in [5.74, 6) is 0.589. The Bertz CT molecular complexity index is 1060. The summed E-state index contributed by atoms with van der Waals surface area (Å²) in [6, 6.07) is 10.6. The molecule has 3 aromatic rings. The number of hydrogen-bond donors (Lipinski definition) is 1. The van der Waals surface area contributed by atoms with Gasteiger partial charge in [0.25, 0.3) is 5.91 Å². The van der Waals surface area contributed by atoms with Crippen LogP contribution in [0.25, 0.3) is 6.08 Å². The zero-order chi connectivity index (χ0) is 19.4. The van der Waals surface area contributed by atoms with Crippen molar-refractivity contribution in [3.63, 3.8) is 0 Å². The van der Waals surface area contributed by atoms with E-state index in [1.165, 1.54) is 17.4 Å². The van der Waals surface area contributed by atoms with Gasteiger partial charge in [-0.15, -0.1) is 11.3 Å².